The number of carbonyl (C=O) groups is 1. The van der Waals surface area contributed by atoms with Gasteiger partial charge in [0.15, 0.2) is 5.65 Å². The fraction of sp³-hybridized carbons (Fsp3) is 0.100. The molecule has 0 aliphatic heterocycles. The summed E-state index contributed by atoms with van der Waals surface area (Å²) in [4.78, 5) is 36.0. The van der Waals surface area contributed by atoms with E-state index in [2.05, 4.69) is 32.2 Å². The molecule has 0 radical (unpaired) electrons. The number of aryl methyl sites for hydroxylation is 1. The van der Waals surface area contributed by atoms with Crippen LogP contribution in [0.25, 0.3) is 22.1 Å². The molecule has 0 saturated carbocycles. The number of anilines is 1. The van der Waals surface area contributed by atoms with Crippen LogP contribution in [0.4, 0.5) is 5.82 Å². The van der Waals surface area contributed by atoms with Crippen molar-refractivity contribution in [2.24, 2.45) is 7.05 Å². The molecule has 196 valence electrons. The molecule has 0 aliphatic rings. The van der Waals surface area contributed by atoms with Gasteiger partial charge in [0.05, 0.1) is 23.2 Å². The van der Waals surface area contributed by atoms with Gasteiger partial charge in [0.2, 0.25) is 0 Å². The first-order chi connectivity index (χ1) is 19.4. The topological polar surface area (TPSA) is 125 Å². The molecule has 1 unspecified atom stereocenters. The lowest BCUT2D eigenvalue weighted by molar-refractivity contribution is 0.0940. The quantitative estimate of drug-likeness (QED) is 0.339. The Hall–Kier alpha value is -5.69. The number of pyridine rings is 1. The van der Waals surface area contributed by atoms with Gasteiger partial charge in [-0.05, 0) is 36.6 Å². The van der Waals surface area contributed by atoms with Crippen LogP contribution in [0.15, 0.2) is 90.5 Å². The molecule has 1 atom stereocenters. The molecule has 10 nitrogen and oxygen atoms in total. The second-order valence-electron chi connectivity index (χ2n) is 9.33. The Kier molecular flexibility index (Phi) is 6.09. The third-order valence-corrected chi connectivity index (χ3v) is 6.62. The summed E-state index contributed by atoms with van der Waals surface area (Å²) < 4.78 is 4.91. The molecule has 4 aromatic heterocycles. The molecule has 3 N–H and O–H groups in total. The Bertz CT molecular complexity index is 2030. The van der Waals surface area contributed by atoms with E-state index in [0.717, 1.165) is 5.56 Å². The van der Waals surface area contributed by atoms with Gasteiger partial charge in [0, 0.05) is 42.6 Å². The number of hydrogen-bond donors (Lipinski definition) is 2. The lowest BCUT2D eigenvalue weighted by Crippen LogP contribution is -2.33. The van der Waals surface area contributed by atoms with Gasteiger partial charge in [-0.1, -0.05) is 42.2 Å². The average Bonchev–Trinajstić information content (AvgIpc) is 3.60. The molecule has 2 aromatic carbocycles. The van der Waals surface area contributed by atoms with Crippen LogP contribution in [0.5, 0.6) is 0 Å². The van der Waals surface area contributed by atoms with E-state index >= 15 is 0 Å². The fourth-order valence-corrected chi connectivity index (χ4v) is 4.74. The fourth-order valence-electron chi connectivity index (χ4n) is 4.74. The van der Waals surface area contributed by atoms with E-state index in [1.165, 1.54) is 6.33 Å². The number of hydrogen-bond acceptors (Lipinski definition) is 6. The number of nitrogen functional groups attached to an aromatic ring is 1. The number of para-hydroxylation sites is 1. The van der Waals surface area contributed by atoms with E-state index < -0.39 is 11.9 Å². The number of nitrogens with zero attached hydrogens (tertiary/aromatic N) is 6. The highest BCUT2D eigenvalue weighted by atomic mass is 16.2. The first-order valence-corrected chi connectivity index (χ1v) is 12.5. The third-order valence-electron chi connectivity index (χ3n) is 6.62. The van der Waals surface area contributed by atoms with Gasteiger partial charge >= 0.3 is 0 Å². The highest BCUT2D eigenvalue weighted by molar-refractivity contribution is 6.04. The van der Waals surface area contributed by atoms with Crippen LogP contribution in [0.2, 0.25) is 0 Å². The van der Waals surface area contributed by atoms with Crippen molar-refractivity contribution in [3.05, 3.63) is 118 Å². The van der Waals surface area contributed by atoms with Crippen molar-refractivity contribution in [3.8, 4) is 17.5 Å². The Morgan fingerprint density at radius 2 is 1.90 bits per heavy atom. The first kappa shape index (κ1) is 24.6. The molecule has 6 rings (SSSR count). The van der Waals surface area contributed by atoms with Crippen LogP contribution in [0.3, 0.4) is 0 Å². The summed E-state index contributed by atoms with van der Waals surface area (Å²) in [6, 6.07) is 16.2. The SMILES string of the molecule is CC(NC(=O)c1c(N)ncn2ccnc12)c1cc2cccc(C#Cc3cnn(C)c3)c2c(=O)n1-c1ccccc1. The normalized spacial score (nSPS) is 11.8. The number of benzene rings is 2. The van der Waals surface area contributed by atoms with Gasteiger partial charge in [-0.25, -0.2) is 9.97 Å². The molecule has 10 heteroatoms. The standard InChI is InChI=1S/C30H24N8O2/c1-19(35-29(39)26-27(31)33-18-37-14-13-32-28(26)37)24-15-22-8-6-7-21(12-11-20-16-34-36(2)17-20)25(22)30(40)38(24)23-9-4-3-5-10-23/h3-10,13-19H,31H2,1-2H3,(H,35,39). The summed E-state index contributed by atoms with van der Waals surface area (Å²) in [5.74, 6) is 5.86. The van der Waals surface area contributed by atoms with Gasteiger partial charge in [0.1, 0.15) is 17.7 Å². The minimum atomic E-state index is -0.579. The van der Waals surface area contributed by atoms with E-state index in [1.54, 1.807) is 32.2 Å². The lowest BCUT2D eigenvalue weighted by atomic mass is 10.0. The molecular weight excluding hydrogens is 504 g/mol. The van der Waals surface area contributed by atoms with Crippen LogP contribution in [-0.2, 0) is 7.05 Å². The summed E-state index contributed by atoms with van der Waals surface area (Å²) in [7, 11) is 1.82. The first-order valence-electron chi connectivity index (χ1n) is 12.5. The highest BCUT2D eigenvalue weighted by Crippen LogP contribution is 2.24. The van der Waals surface area contributed by atoms with Crippen LogP contribution in [-0.4, -0.2) is 34.6 Å². The van der Waals surface area contributed by atoms with Gasteiger partial charge in [-0.3, -0.25) is 23.2 Å². The number of imidazole rings is 1. The van der Waals surface area contributed by atoms with Crippen molar-refractivity contribution in [1.29, 1.82) is 0 Å². The zero-order chi connectivity index (χ0) is 27.8. The van der Waals surface area contributed by atoms with Crippen molar-refractivity contribution in [1.82, 2.24) is 34.0 Å². The van der Waals surface area contributed by atoms with E-state index in [1.807, 2.05) is 74.8 Å². The summed E-state index contributed by atoms with van der Waals surface area (Å²) in [6.45, 7) is 1.82. The monoisotopic (exact) mass is 528 g/mol. The van der Waals surface area contributed by atoms with Crippen molar-refractivity contribution < 1.29 is 4.79 Å². The highest BCUT2D eigenvalue weighted by Gasteiger charge is 2.23. The van der Waals surface area contributed by atoms with Gasteiger partial charge < -0.3 is 11.1 Å². The number of fused-ring (bicyclic) bond motifs is 2. The molecule has 0 aliphatic carbocycles. The molecule has 1 amide bonds. The number of nitrogens with two attached hydrogens (primary N) is 1. The summed E-state index contributed by atoms with van der Waals surface area (Å²) in [5.41, 5.74) is 9.00. The van der Waals surface area contributed by atoms with Crippen LogP contribution >= 0.6 is 0 Å². The maximum Gasteiger partial charge on any atom is 0.264 e. The Morgan fingerprint density at radius 3 is 2.67 bits per heavy atom. The Labute approximate surface area is 228 Å². The Balaban J connectivity index is 1.48. The maximum absolute atomic E-state index is 14.2. The molecule has 40 heavy (non-hydrogen) atoms. The average molecular weight is 529 g/mol. The van der Waals surface area contributed by atoms with Crippen LogP contribution in [0, 0.1) is 11.8 Å². The number of nitrogens with one attached hydrogen (secondary N) is 1. The van der Waals surface area contributed by atoms with Crippen LogP contribution in [0.1, 0.15) is 40.1 Å². The second-order valence-corrected chi connectivity index (χ2v) is 9.33. The van der Waals surface area contributed by atoms with Crippen molar-refractivity contribution in [3.63, 3.8) is 0 Å². The van der Waals surface area contributed by atoms with E-state index in [9.17, 15) is 9.59 Å². The van der Waals surface area contributed by atoms with E-state index in [0.29, 0.717) is 33.4 Å². The summed E-state index contributed by atoms with van der Waals surface area (Å²) in [5, 5.41) is 8.34. The second kappa shape index (κ2) is 9.89. The van der Waals surface area contributed by atoms with E-state index in [4.69, 9.17) is 5.73 Å². The van der Waals surface area contributed by atoms with Gasteiger partial charge in [0.25, 0.3) is 11.5 Å². The summed E-state index contributed by atoms with van der Waals surface area (Å²) >= 11 is 0. The molecule has 6 aromatic rings. The number of amides is 1. The van der Waals surface area contributed by atoms with Crippen molar-refractivity contribution in [2.75, 3.05) is 5.73 Å². The molecular formula is C30H24N8O2. The number of carbonyl (C=O) groups excluding carboxylic acids is 1. The molecule has 0 bridgehead atoms. The Morgan fingerprint density at radius 1 is 1.07 bits per heavy atom. The molecule has 0 fully saturated rings. The minimum absolute atomic E-state index is 0.0687. The number of rotatable bonds is 4. The molecule has 0 spiro atoms. The smallest absolute Gasteiger partial charge is 0.264 e. The maximum atomic E-state index is 14.2. The van der Waals surface area contributed by atoms with Crippen molar-refractivity contribution in [2.45, 2.75) is 13.0 Å². The van der Waals surface area contributed by atoms with Gasteiger partial charge in [-0.15, -0.1) is 0 Å². The predicted molar refractivity (Wildman–Crippen MR) is 152 cm³/mol. The lowest BCUT2D eigenvalue weighted by Gasteiger charge is -2.21. The number of aromatic nitrogens is 6. The minimum Gasteiger partial charge on any atom is -0.383 e. The van der Waals surface area contributed by atoms with E-state index in [-0.39, 0.29) is 16.9 Å². The third kappa shape index (κ3) is 4.35. The summed E-state index contributed by atoms with van der Waals surface area (Å²) in [6.07, 6.45) is 8.25. The predicted octanol–water partition coefficient (Wildman–Crippen LogP) is 3.24. The molecule has 0 saturated heterocycles. The largest absolute Gasteiger partial charge is 0.383 e. The zero-order valence-corrected chi connectivity index (χ0v) is 21.7. The van der Waals surface area contributed by atoms with Crippen molar-refractivity contribution >= 4 is 28.1 Å². The zero-order valence-electron chi connectivity index (χ0n) is 21.7. The van der Waals surface area contributed by atoms with Crippen LogP contribution < -0.4 is 16.6 Å². The molecule has 4 heterocycles. The van der Waals surface area contributed by atoms with Gasteiger partial charge in [-0.2, -0.15) is 5.10 Å².